The largest absolute Gasteiger partial charge is 0.446 e. The van der Waals surface area contributed by atoms with Gasteiger partial charge in [0.25, 0.3) is 5.91 Å². The van der Waals surface area contributed by atoms with Gasteiger partial charge in [-0.15, -0.1) is 0 Å². The Morgan fingerprint density at radius 1 is 0.927 bits per heavy atom. The van der Waals surface area contributed by atoms with E-state index in [4.69, 9.17) is 15.9 Å². The summed E-state index contributed by atoms with van der Waals surface area (Å²) in [5.74, 6) is -0.769. The van der Waals surface area contributed by atoms with Crippen LogP contribution in [0.4, 0.5) is 4.79 Å². The Morgan fingerprint density at radius 3 is 2.00 bits per heavy atom. The number of nitrogens with one attached hydrogen (secondary N) is 2. The molecule has 0 aromatic heterocycles. The van der Waals surface area contributed by atoms with Gasteiger partial charge in [-0.1, -0.05) is 91.0 Å². The number of hydrogen-bond donors (Lipinski definition) is 3. The molecule has 1 atom stereocenters. The number of guanidine groups is 1. The lowest BCUT2D eigenvalue weighted by molar-refractivity contribution is -0.132. The number of hydrogen-bond acceptors (Lipinski definition) is 6. The van der Waals surface area contributed by atoms with E-state index < -0.39 is 29.7 Å². The van der Waals surface area contributed by atoms with Crippen LogP contribution in [0.15, 0.2) is 91.0 Å². The van der Waals surface area contributed by atoms with Crippen molar-refractivity contribution in [1.82, 2.24) is 15.1 Å². The number of nitrogens with two attached hydrogens (primary N) is 1. The molecule has 214 valence electrons. The van der Waals surface area contributed by atoms with E-state index in [1.807, 2.05) is 91.0 Å². The number of carbonyl (C=O) groups excluding carboxylic acids is 3. The van der Waals surface area contributed by atoms with E-state index in [1.54, 1.807) is 13.8 Å². The van der Waals surface area contributed by atoms with E-state index in [0.29, 0.717) is 12.8 Å². The molecule has 41 heavy (non-hydrogen) atoms. The normalized spacial score (nSPS) is 15.0. The van der Waals surface area contributed by atoms with Gasteiger partial charge in [0.1, 0.15) is 0 Å². The highest BCUT2D eigenvalue weighted by Crippen LogP contribution is 2.35. The summed E-state index contributed by atoms with van der Waals surface area (Å²) in [5.41, 5.74) is 7.37. The number of nitrogens with zero attached hydrogens (tertiary/aromatic N) is 2. The van der Waals surface area contributed by atoms with Crippen molar-refractivity contribution in [2.75, 3.05) is 13.1 Å². The second kappa shape index (κ2) is 13.2. The molecule has 9 heteroatoms. The summed E-state index contributed by atoms with van der Waals surface area (Å²) in [6.45, 7) is 3.75. The highest BCUT2D eigenvalue weighted by Gasteiger charge is 2.51. The van der Waals surface area contributed by atoms with E-state index in [9.17, 15) is 14.4 Å². The zero-order chi connectivity index (χ0) is 29.4. The fourth-order valence-corrected chi connectivity index (χ4v) is 5.00. The molecular weight excluding hydrogens is 518 g/mol. The van der Waals surface area contributed by atoms with Gasteiger partial charge in [0.05, 0.1) is 12.1 Å². The Bertz CT molecular complexity index is 1310. The van der Waals surface area contributed by atoms with Crippen molar-refractivity contribution in [2.45, 2.75) is 50.8 Å². The van der Waals surface area contributed by atoms with Crippen LogP contribution in [0, 0.1) is 5.41 Å². The van der Waals surface area contributed by atoms with Crippen LogP contribution >= 0.6 is 0 Å². The van der Waals surface area contributed by atoms with Gasteiger partial charge in [-0.2, -0.15) is 0 Å². The maximum atomic E-state index is 13.9. The highest BCUT2D eigenvalue weighted by atomic mass is 16.6. The average molecular weight is 556 g/mol. The Kier molecular flexibility index (Phi) is 9.52. The SMILES string of the molecule is CC(C)OC(=O)N(CCCCN1C(=N)NC(c2ccccc2)(c2ccccc2)C1=O)C(=O)[C@@H](N)Cc1ccccc1. The number of carbonyl (C=O) groups is 3. The molecule has 1 aliphatic heterocycles. The maximum absolute atomic E-state index is 13.9. The lowest BCUT2D eigenvalue weighted by Crippen LogP contribution is -2.49. The third-order valence-electron chi connectivity index (χ3n) is 7.01. The molecule has 4 N–H and O–H groups in total. The molecule has 4 rings (SSSR count). The molecule has 1 fully saturated rings. The molecule has 3 aromatic carbocycles. The quantitative estimate of drug-likeness (QED) is 0.307. The summed E-state index contributed by atoms with van der Waals surface area (Å²) in [7, 11) is 0. The van der Waals surface area contributed by atoms with Crippen molar-refractivity contribution in [3.63, 3.8) is 0 Å². The monoisotopic (exact) mass is 555 g/mol. The lowest BCUT2D eigenvalue weighted by atomic mass is 9.82. The predicted octanol–water partition coefficient (Wildman–Crippen LogP) is 4.02. The Balaban J connectivity index is 1.44. The van der Waals surface area contributed by atoms with E-state index in [1.165, 1.54) is 4.90 Å². The molecule has 0 unspecified atom stereocenters. The van der Waals surface area contributed by atoms with E-state index in [2.05, 4.69) is 5.32 Å². The van der Waals surface area contributed by atoms with Crippen LogP contribution in [0.1, 0.15) is 43.4 Å². The van der Waals surface area contributed by atoms with Gasteiger partial charge in [0, 0.05) is 13.1 Å². The number of unbranched alkanes of at least 4 members (excludes halogenated alkanes) is 1. The van der Waals surface area contributed by atoms with Crippen LogP contribution < -0.4 is 11.1 Å². The smallest absolute Gasteiger partial charge is 0.416 e. The summed E-state index contributed by atoms with van der Waals surface area (Å²) in [4.78, 5) is 42.4. The zero-order valence-electron chi connectivity index (χ0n) is 23.5. The number of amides is 3. The van der Waals surface area contributed by atoms with Gasteiger partial charge < -0.3 is 15.8 Å². The number of rotatable bonds is 11. The second-order valence-electron chi connectivity index (χ2n) is 10.3. The lowest BCUT2D eigenvalue weighted by Gasteiger charge is -2.28. The first-order chi connectivity index (χ1) is 19.7. The summed E-state index contributed by atoms with van der Waals surface area (Å²) >= 11 is 0. The minimum Gasteiger partial charge on any atom is -0.446 e. The molecule has 1 aliphatic rings. The van der Waals surface area contributed by atoms with Crippen LogP contribution in [-0.4, -0.2) is 58.9 Å². The summed E-state index contributed by atoms with van der Waals surface area (Å²) in [5, 5.41) is 11.8. The van der Waals surface area contributed by atoms with Crippen molar-refractivity contribution in [2.24, 2.45) is 5.73 Å². The Morgan fingerprint density at radius 2 is 1.46 bits per heavy atom. The topological polar surface area (TPSA) is 129 Å². The van der Waals surface area contributed by atoms with Gasteiger partial charge in [0.15, 0.2) is 11.5 Å². The molecule has 0 saturated carbocycles. The Hall–Kier alpha value is -4.50. The van der Waals surface area contributed by atoms with Crippen molar-refractivity contribution >= 4 is 23.9 Å². The minimum atomic E-state index is -1.22. The Labute approximate surface area is 240 Å². The third kappa shape index (κ3) is 6.63. The molecule has 9 nitrogen and oxygen atoms in total. The van der Waals surface area contributed by atoms with Crippen LogP contribution in [0.25, 0.3) is 0 Å². The van der Waals surface area contributed by atoms with Gasteiger partial charge in [-0.05, 0) is 49.8 Å². The number of benzene rings is 3. The summed E-state index contributed by atoms with van der Waals surface area (Å²) in [6, 6.07) is 27.2. The first-order valence-electron chi connectivity index (χ1n) is 13.8. The van der Waals surface area contributed by atoms with Gasteiger partial charge >= 0.3 is 6.09 Å². The fraction of sp³-hybridized carbons (Fsp3) is 0.312. The van der Waals surface area contributed by atoms with E-state index >= 15 is 0 Å². The number of ether oxygens (including phenoxy) is 1. The van der Waals surface area contributed by atoms with E-state index in [0.717, 1.165) is 21.6 Å². The average Bonchev–Trinajstić information content (AvgIpc) is 3.23. The van der Waals surface area contributed by atoms with Gasteiger partial charge in [0.2, 0.25) is 5.91 Å². The van der Waals surface area contributed by atoms with Crippen molar-refractivity contribution in [1.29, 1.82) is 5.41 Å². The fourth-order valence-electron chi connectivity index (χ4n) is 5.00. The minimum absolute atomic E-state index is 0.000241. The molecule has 3 amide bonds. The van der Waals surface area contributed by atoms with Crippen molar-refractivity contribution in [3.05, 3.63) is 108 Å². The molecule has 0 aliphatic carbocycles. The first-order valence-corrected chi connectivity index (χ1v) is 13.8. The summed E-state index contributed by atoms with van der Waals surface area (Å²) in [6.07, 6.45) is -0.00898. The second-order valence-corrected chi connectivity index (χ2v) is 10.3. The van der Waals surface area contributed by atoms with Crippen molar-refractivity contribution in [3.8, 4) is 0 Å². The molecule has 1 saturated heterocycles. The molecule has 1 heterocycles. The van der Waals surface area contributed by atoms with Gasteiger partial charge in [-0.25, -0.2) is 9.69 Å². The predicted molar refractivity (Wildman–Crippen MR) is 157 cm³/mol. The zero-order valence-corrected chi connectivity index (χ0v) is 23.5. The molecule has 0 bridgehead atoms. The van der Waals surface area contributed by atoms with Gasteiger partial charge in [-0.3, -0.25) is 19.9 Å². The van der Waals surface area contributed by atoms with Crippen LogP contribution in [0.2, 0.25) is 0 Å². The molecule has 0 spiro atoms. The van der Waals surface area contributed by atoms with Crippen molar-refractivity contribution < 1.29 is 19.1 Å². The number of imide groups is 1. The molecule has 0 radical (unpaired) electrons. The third-order valence-corrected chi connectivity index (χ3v) is 7.01. The molecular formula is C32H37N5O4. The maximum Gasteiger partial charge on any atom is 0.416 e. The molecule has 3 aromatic rings. The first kappa shape index (κ1) is 29.5. The summed E-state index contributed by atoms with van der Waals surface area (Å²) < 4.78 is 5.33. The standard InChI is InChI=1S/C32H37N5O4/c1-23(2)41-31(40)36(28(38)27(33)22-24-14-6-3-7-15-24)20-12-13-21-37-29(39)32(35-30(37)34,25-16-8-4-9-17-25)26-18-10-5-11-19-26/h3-11,14-19,23,27H,12-13,20-22,33H2,1-2H3,(H2,34,35)/t27-/m0/s1. The van der Waals surface area contributed by atoms with E-state index in [-0.39, 0.29) is 31.4 Å². The highest BCUT2D eigenvalue weighted by molar-refractivity contribution is 6.10. The van der Waals surface area contributed by atoms with Crippen LogP contribution in [0.3, 0.4) is 0 Å². The van der Waals surface area contributed by atoms with Crippen LogP contribution in [-0.2, 0) is 26.3 Å². The van der Waals surface area contributed by atoms with Crippen LogP contribution in [0.5, 0.6) is 0 Å².